The first-order valence-corrected chi connectivity index (χ1v) is 7.94. The fourth-order valence-electron chi connectivity index (χ4n) is 2.17. The normalized spacial score (nSPS) is 11.1. The first-order chi connectivity index (χ1) is 12.7. The van der Waals surface area contributed by atoms with E-state index in [1.165, 1.54) is 30.6 Å². The maximum Gasteiger partial charge on any atom is 0.187 e. The Hall–Kier alpha value is -3.73. The van der Waals surface area contributed by atoms with Gasteiger partial charge < -0.3 is 0 Å². The van der Waals surface area contributed by atoms with Crippen LogP contribution < -0.4 is 0 Å². The van der Waals surface area contributed by atoms with Crippen molar-refractivity contribution in [2.45, 2.75) is 0 Å². The number of carbonyl (C=O) groups is 2. The van der Waals surface area contributed by atoms with E-state index in [2.05, 4.69) is 15.0 Å². The molecular weight excluding hydrogens is 326 g/mol. The van der Waals surface area contributed by atoms with E-state index in [0.29, 0.717) is 22.5 Å². The van der Waals surface area contributed by atoms with Gasteiger partial charge in [0.15, 0.2) is 11.6 Å². The summed E-state index contributed by atoms with van der Waals surface area (Å²) in [4.78, 5) is 36.8. The first-order valence-electron chi connectivity index (χ1n) is 7.94. The first kappa shape index (κ1) is 17.1. The topological polar surface area (TPSA) is 72.8 Å². The molecule has 0 unspecified atom stereocenters. The molecule has 126 valence electrons. The van der Waals surface area contributed by atoms with Crippen molar-refractivity contribution in [1.29, 1.82) is 0 Å². The fraction of sp³-hybridized carbons (Fsp3) is 0. The van der Waals surface area contributed by atoms with Crippen molar-refractivity contribution < 1.29 is 9.59 Å². The fourth-order valence-corrected chi connectivity index (χ4v) is 2.17. The number of allylic oxidation sites excluding steroid dienone is 2. The van der Waals surface area contributed by atoms with Crippen LogP contribution in [0.15, 0.2) is 79.4 Å². The number of hydrogen-bond donors (Lipinski definition) is 0. The molecular formula is C21H15N3O2. The predicted octanol–water partition coefficient (Wildman–Crippen LogP) is 3.66. The number of carbonyl (C=O) groups excluding carboxylic acids is 2. The lowest BCUT2D eigenvalue weighted by molar-refractivity contribution is 0.104. The monoisotopic (exact) mass is 341 g/mol. The zero-order valence-corrected chi connectivity index (χ0v) is 13.8. The number of pyridine rings is 3. The molecule has 3 rings (SSSR count). The highest BCUT2D eigenvalue weighted by molar-refractivity contribution is 6.10. The van der Waals surface area contributed by atoms with Crippen LogP contribution >= 0.6 is 0 Å². The van der Waals surface area contributed by atoms with E-state index in [9.17, 15) is 9.59 Å². The van der Waals surface area contributed by atoms with Gasteiger partial charge in [0, 0.05) is 35.9 Å². The van der Waals surface area contributed by atoms with Gasteiger partial charge in [0.25, 0.3) is 0 Å². The summed E-state index contributed by atoms with van der Waals surface area (Å²) in [5, 5.41) is 0. The Morgan fingerprint density at radius 2 is 1.23 bits per heavy atom. The van der Waals surface area contributed by atoms with Gasteiger partial charge in [0.1, 0.15) is 0 Å². The standard InChI is InChI=1S/C21H15N3O2/c25-20(9-7-18-5-1-3-11-23-18)16-13-17(15-22-14-16)21(26)10-8-19-6-2-4-12-24-19/h1-15H/b9-7-,10-8+. The van der Waals surface area contributed by atoms with Crippen LogP contribution in [0, 0.1) is 0 Å². The van der Waals surface area contributed by atoms with Gasteiger partial charge in [0.2, 0.25) is 0 Å². The predicted molar refractivity (Wildman–Crippen MR) is 99.4 cm³/mol. The Labute approximate surface area is 150 Å². The Balaban J connectivity index is 1.73. The van der Waals surface area contributed by atoms with Crippen molar-refractivity contribution in [3.8, 4) is 0 Å². The van der Waals surface area contributed by atoms with Gasteiger partial charge in [-0.1, -0.05) is 12.1 Å². The molecule has 3 heterocycles. The molecule has 3 aromatic rings. The van der Waals surface area contributed by atoms with Crippen LogP contribution in [-0.4, -0.2) is 26.5 Å². The Morgan fingerprint density at radius 3 is 1.65 bits per heavy atom. The Morgan fingerprint density at radius 1 is 0.731 bits per heavy atom. The second-order valence-electron chi connectivity index (χ2n) is 5.37. The maximum absolute atomic E-state index is 12.3. The SMILES string of the molecule is O=C(/C=C\c1ccccn1)c1cncc(C(=O)/C=C/c2ccccn2)c1. The third kappa shape index (κ3) is 4.64. The van der Waals surface area contributed by atoms with Gasteiger partial charge in [-0.15, -0.1) is 0 Å². The molecule has 0 aliphatic heterocycles. The largest absolute Gasteiger partial charge is 0.289 e. The molecule has 0 aliphatic rings. The molecule has 3 aromatic heterocycles. The van der Waals surface area contributed by atoms with Gasteiger partial charge in [-0.3, -0.25) is 24.5 Å². The molecule has 0 saturated carbocycles. The molecule has 0 spiro atoms. The minimum atomic E-state index is -0.244. The second kappa shape index (κ2) is 8.39. The summed E-state index contributed by atoms with van der Waals surface area (Å²) in [6, 6.07) is 12.4. The summed E-state index contributed by atoms with van der Waals surface area (Å²) in [6.07, 6.45) is 12.2. The quantitative estimate of drug-likeness (QED) is 0.505. The number of hydrogen-bond acceptors (Lipinski definition) is 5. The number of rotatable bonds is 6. The minimum absolute atomic E-state index is 0.244. The Kier molecular flexibility index (Phi) is 5.52. The van der Waals surface area contributed by atoms with Crippen LogP contribution in [0.3, 0.4) is 0 Å². The van der Waals surface area contributed by atoms with Crippen LogP contribution in [0.4, 0.5) is 0 Å². The van der Waals surface area contributed by atoms with Gasteiger partial charge >= 0.3 is 0 Å². The van der Waals surface area contributed by atoms with Gasteiger partial charge in [0.05, 0.1) is 11.4 Å². The van der Waals surface area contributed by atoms with Gasteiger partial charge in [-0.25, -0.2) is 0 Å². The van der Waals surface area contributed by atoms with E-state index < -0.39 is 0 Å². The van der Waals surface area contributed by atoms with Crippen LogP contribution in [0.5, 0.6) is 0 Å². The average molecular weight is 341 g/mol. The smallest absolute Gasteiger partial charge is 0.187 e. The summed E-state index contributed by atoms with van der Waals surface area (Å²) in [6.45, 7) is 0. The lowest BCUT2D eigenvalue weighted by Crippen LogP contribution is -2.01. The van der Waals surface area contributed by atoms with Crippen molar-refractivity contribution in [1.82, 2.24) is 15.0 Å². The molecule has 0 N–H and O–H groups in total. The van der Waals surface area contributed by atoms with Crippen molar-refractivity contribution in [3.05, 3.63) is 102 Å². The molecule has 0 amide bonds. The van der Waals surface area contributed by atoms with Gasteiger partial charge in [-0.2, -0.15) is 0 Å². The molecule has 0 aromatic carbocycles. The van der Waals surface area contributed by atoms with E-state index in [1.807, 2.05) is 12.1 Å². The molecule has 0 bridgehead atoms. The van der Waals surface area contributed by atoms with E-state index in [-0.39, 0.29) is 11.6 Å². The van der Waals surface area contributed by atoms with Crippen molar-refractivity contribution in [3.63, 3.8) is 0 Å². The lowest BCUT2D eigenvalue weighted by Gasteiger charge is -1.99. The average Bonchev–Trinajstić information content (AvgIpc) is 2.72. The molecule has 0 radical (unpaired) electrons. The number of ketones is 2. The molecule has 5 nitrogen and oxygen atoms in total. The Bertz CT molecular complexity index is 888. The summed E-state index contributed by atoms with van der Waals surface area (Å²) in [7, 11) is 0. The van der Waals surface area contributed by atoms with E-state index in [1.54, 1.807) is 48.8 Å². The minimum Gasteiger partial charge on any atom is -0.289 e. The van der Waals surface area contributed by atoms with E-state index >= 15 is 0 Å². The zero-order valence-electron chi connectivity index (χ0n) is 13.8. The van der Waals surface area contributed by atoms with Crippen molar-refractivity contribution in [2.75, 3.05) is 0 Å². The van der Waals surface area contributed by atoms with Crippen LogP contribution in [0.25, 0.3) is 12.2 Å². The molecule has 0 aliphatic carbocycles. The van der Waals surface area contributed by atoms with Crippen molar-refractivity contribution >= 4 is 23.7 Å². The molecule has 0 saturated heterocycles. The van der Waals surface area contributed by atoms with Crippen LogP contribution in [0.1, 0.15) is 32.1 Å². The lowest BCUT2D eigenvalue weighted by atomic mass is 10.1. The molecule has 0 atom stereocenters. The maximum atomic E-state index is 12.3. The highest BCUT2D eigenvalue weighted by atomic mass is 16.1. The van der Waals surface area contributed by atoms with E-state index in [0.717, 1.165) is 0 Å². The molecule has 0 fully saturated rings. The van der Waals surface area contributed by atoms with Crippen LogP contribution in [0.2, 0.25) is 0 Å². The summed E-state index contributed by atoms with van der Waals surface area (Å²) >= 11 is 0. The number of nitrogens with zero attached hydrogens (tertiary/aromatic N) is 3. The van der Waals surface area contributed by atoms with Crippen molar-refractivity contribution in [2.24, 2.45) is 0 Å². The summed E-state index contributed by atoms with van der Waals surface area (Å²) < 4.78 is 0. The van der Waals surface area contributed by atoms with Gasteiger partial charge in [-0.05, 0) is 54.6 Å². The molecule has 5 heteroatoms. The highest BCUT2D eigenvalue weighted by Crippen LogP contribution is 2.08. The zero-order chi connectivity index (χ0) is 18.2. The third-order valence-corrected chi connectivity index (χ3v) is 3.49. The van der Waals surface area contributed by atoms with E-state index in [4.69, 9.17) is 0 Å². The number of aromatic nitrogens is 3. The van der Waals surface area contributed by atoms with Crippen LogP contribution in [-0.2, 0) is 0 Å². The second-order valence-corrected chi connectivity index (χ2v) is 5.37. The third-order valence-electron chi connectivity index (χ3n) is 3.49. The summed E-state index contributed by atoms with van der Waals surface area (Å²) in [5.74, 6) is -0.488. The summed E-state index contributed by atoms with van der Waals surface area (Å²) in [5.41, 5.74) is 2.04. The highest BCUT2D eigenvalue weighted by Gasteiger charge is 2.08. The molecule has 26 heavy (non-hydrogen) atoms.